The fourth-order valence-corrected chi connectivity index (χ4v) is 3.16. The van der Waals surface area contributed by atoms with Crippen LogP contribution in [0.3, 0.4) is 0 Å². The second-order valence-electron chi connectivity index (χ2n) is 6.08. The summed E-state index contributed by atoms with van der Waals surface area (Å²) in [5.74, 6) is 2.53. The number of rotatable bonds is 5. The molecule has 0 aliphatic carbocycles. The van der Waals surface area contributed by atoms with Crippen LogP contribution < -0.4 is 14.8 Å². The van der Waals surface area contributed by atoms with Gasteiger partial charge in [0.2, 0.25) is 0 Å². The van der Waals surface area contributed by atoms with Gasteiger partial charge in [-0.25, -0.2) is 0 Å². The Morgan fingerprint density at radius 2 is 2.10 bits per heavy atom. The fourth-order valence-electron chi connectivity index (χ4n) is 3.16. The monoisotopic (exact) mass is 290 g/mol. The van der Waals surface area contributed by atoms with Crippen LogP contribution in [0.4, 0.5) is 0 Å². The Labute approximate surface area is 127 Å². The molecule has 4 heteroatoms. The molecule has 116 valence electrons. The highest BCUT2D eigenvalue weighted by atomic mass is 16.6. The van der Waals surface area contributed by atoms with E-state index in [1.807, 2.05) is 6.07 Å². The van der Waals surface area contributed by atoms with Crippen LogP contribution in [0, 0.1) is 5.92 Å². The molecule has 0 saturated carbocycles. The van der Waals surface area contributed by atoms with Gasteiger partial charge in [-0.1, -0.05) is 13.0 Å². The van der Waals surface area contributed by atoms with E-state index in [2.05, 4.69) is 36.2 Å². The predicted octanol–water partition coefficient (Wildman–Crippen LogP) is 2.45. The van der Waals surface area contributed by atoms with Gasteiger partial charge in [0.05, 0.1) is 0 Å². The van der Waals surface area contributed by atoms with Gasteiger partial charge in [0.1, 0.15) is 13.2 Å². The Hall–Kier alpha value is -1.26. The SMILES string of the molecule is CCN1CCC(CNC(C)c2ccc3c(c2)OCCO3)C1. The molecule has 0 bridgehead atoms. The Balaban J connectivity index is 1.54. The Morgan fingerprint density at radius 3 is 2.86 bits per heavy atom. The third-order valence-corrected chi connectivity index (χ3v) is 4.60. The van der Waals surface area contributed by atoms with Gasteiger partial charge in [0.15, 0.2) is 11.5 Å². The molecule has 2 heterocycles. The van der Waals surface area contributed by atoms with Gasteiger partial charge in [-0.3, -0.25) is 0 Å². The topological polar surface area (TPSA) is 33.7 Å². The first-order valence-electron chi connectivity index (χ1n) is 8.11. The van der Waals surface area contributed by atoms with Crippen molar-refractivity contribution in [2.75, 3.05) is 39.4 Å². The summed E-state index contributed by atoms with van der Waals surface area (Å²) in [6.45, 7) is 10.5. The van der Waals surface area contributed by atoms with Crippen LogP contribution >= 0.6 is 0 Å². The molecule has 3 rings (SSSR count). The van der Waals surface area contributed by atoms with Gasteiger partial charge >= 0.3 is 0 Å². The molecule has 1 aromatic carbocycles. The average Bonchev–Trinajstić information content (AvgIpc) is 3.00. The van der Waals surface area contributed by atoms with Crippen LogP contribution in [0.1, 0.15) is 31.9 Å². The Morgan fingerprint density at radius 1 is 1.29 bits per heavy atom. The lowest BCUT2D eigenvalue weighted by Gasteiger charge is -2.22. The van der Waals surface area contributed by atoms with Crippen LogP contribution in [0.5, 0.6) is 11.5 Å². The van der Waals surface area contributed by atoms with Gasteiger partial charge in [0, 0.05) is 12.6 Å². The highest BCUT2D eigenvalue weighted by Gasteiger charge is 2.21. The van der Waals surface area contributed by atoms with Gasteiger partial charge in [-0.15, -0.1) is 0 Å². The van der Waals surface area contributed by atoms with E-state index >= 15 is 0 Å². The molecule has 1 N–H and O–H groups in total. The lowest BCUT2D eigenvalue weighted by atomic mass is 10.1. The van der Waals surface area contributed by atoms with Crippen molar-refractivity contribution in [2.45, 2.75) is 26.3 Å². The lowest BCUT2D eigenvalue weighted by molar-refractivity contribution is 0.171. The first-order chi connectivity index (χ1) is 10.3. The zero-order chi connectivity index (χ0) is 14.7. The maximum absolute atomic E-state index is 5.66. The molecule has 0 aromatic heterocycles. The van der Waals surface area contributed by atoms with Gasteiger partial charge in [0.25, 0.3) is 0 Å². The summed E-state index contributed by atoms with van der Waals surface area (Å²) < 4.78 is 11.2. The first-order valence-corrected chi connectivity index (χ1v) is 8.11. The van der Waals surface area contributed by atoms with E-state index < -0.39 is 0 Å². The molecule has 0 spiro atoms. The summed E-state index contributed by atoms with van der Waals surface area (Å²) in [6, 6.07) is 6.62. The van der Waals surface area contributed by atoms with Crippen molar-refractivity contribution in [3.05, 3.63) is 23.8 Å². The molecular formula is C17H26N2O2. The summed E-state index contributed by atoms with van der Waals surface area (Å²) in [4.78, 5) is 2.53. The van der Waals surface area contributed by atoms with Crippen molar-refractivity contribution in [2.24, 2.45) is 5.92 Å². The third-order valence-electron chi connectivity index (χ3n) is 4.60. The number of ether oxygens (including phenoxy) is 2. The molecule has 1 aromatic rings. The number of nitrogens with zero attached hydrogens (tertiary/aromatic N) is 1. The van der Waals surface area contributed by atoms with E-state index in [0.29, 0.717) is 19.3 Å². The molecule has 2 aliphatic heterocycles. The standard InChI is InChI=1S/C17H26N2O2/c1-3-19-7-6-14(12-19)11-18-13(2)15-4-5-16-17(10-15)21-9-8-20-16/h4-5,10,13-14,18H,3,6-9,11-12H2,1-2H3. The quantitative estimate of drug-likeness (QED) is 0.903. The highest BCUT2D eigenvalue weighted by molar-refractivity contribution is 5.44. The smallest absolute Gasteiger partial charge is 0.161 e. The third kappa shape index (κ3) is 3.50. The molecule has 2 unspecified atom stereocenters. The average molecular weight is 290 g/mol. The van der Waals surface area contributed by atoms with Crippen molar-refractivity contribution < 1.29 is 9.47 Å². The summed E-state index contributed by atoms with van der Waals surface area (Å²) >= 11 is 0. The molecule has 4 nitrogen and oxygen atoms in total. The molecular weight excluding hydrogens is 264 g/mol. The minimum absolute atomic E-state index is 0.344. The maximum atomic E-state index is 5.66. The number of fused-ring (bicyclic) bond motifs is 1. The summed E-state index contributed by atoms with van der Waals surface area (Å²) in [5.41, 5.74) is 1.27. The van der Waals surface area contributed by atoms with E-state index in [4.69, 9.17) is 9.47 Å². The maximum Gasteiger partial charge on any atom is 0.161 e. The summed E-state index contributed by atoms with van der Waals surface area (Å²) in [7, 11) is 0. The van der Waals surface area contributed by atoms with Crippen LogP contribution in [-0.4, -0.2) is 44.3 Å². The van der Waals surface area contributed by atoms with E-state index in [1.165, 1.54) is 31.6 Å². The van der Waals surface area contributed by atoms with Crippen molar-refractivity contribution in [1.29, 1.82) is 0 Å². The van der Waals surface area contributed by atoms with E-state index in [0.717, 1.165) is 24.0 Å². The molecule has 0 radical (unpaired) electrons. The minimum atomic E-state index is 0.344. The lowest BCUT2D eigenvalue weighted by Crippen LogP contribution is -2.28. The zero-order valence-electron chi connectivity index (χ0n) is 13.1. The second kappa shape index (κ2) is 6.67. The Bertz CT molecular complexity index is 478. The van der Waals surface area contributed by atoms with E-state index in [1.54, 1.807) is 0 Å². The number of likely N-dealkylation sites (tertiary alicyclic amines) is 1. The second-order valence-corrected chi connectivity index (χ2v) is 6.08. The van der Waals surface area contributed by atoms with Crippen molar-refractivity contribution in [3.8, 4) is 11.5 Å². The predicted molar refractivity (Wildman–Crippen MR) is 84.1 cm³/mol. The summed E-state index contributed by atoms with van der Waals surface area (Å²) in [5, 5.41) is 3.67. The highest BCUT2D eigenvalue weighted by Crippen LogP contribution is 2.32. The minimum Gasteiger partial charge on any atom is -0.486 e. The van der Waals surface area contributed by atoms with E-state index in [-0.39, 0.29) is 0 Å². The van der Waals surface area contributed by atoms with Crippen LogP contribution in [0.2, 0.25) is 0 Å². The molecule has 21 heavy (non-hydrogen) atoms. The van der Waals surface area contributed by atoms with Crippen molar-refractivity contribution in [1.82, 2.24) is 10.2 Å². The number of hydrogen-bond acceptors (Lipinski definition) is 4. The van der Waals surface area contributed by atoms with Gasteiger partial charge < -0.3 is 19.7 Å². The van der Waals surface area contributed by atoms with Gasteiger partial charge in [-0.05, 0) is 56.6 Å². The molecule has 2 aliphatic rings. The summed E-state index contributed by atoms with van der Waals surface area (Å²) in [6.07, 6.45) is 1.31. The first kappa shape index (κ1) is 14.7. The molecule has 1 fully saturated rings. The van der Waals surface area contributed by atoms with Crippen LogP contribution in [0.25, 0.3) is 0 Å². The normalized spacial score (nSPS) is 23.2. The van der Waals surface area contributed by atoms with Crippen LogP contribution in [-0.2, 0) is 0 Å². The van der Waals surface area contributed by atoms with Crippen molar-refractivity contribution >= 4 is 0 Å². The van der Waals surface area contributed by atoms with E-state index in [9.17, 15) is 0 Å². The number of nitrogens with one attached hydrogen (secondary N) is 1. The largest absolute Gasteiger partial charge is 0.486 e. The van der Waals surface area contributed by atoms with Crippen molar-refractivity contribution in [3.63, 3.8) is 0 Å². The van der Waals surface area contributed by atoms with Crippen LogP contribution in [0.15, 0.2) is 18.2 Å². The molecule has 1 saturated heterocycles. The number of benzene rings is 1. The molecule has 0 amide bonds. The zero-order valence-corrected chi connectivity index (χ0v) is 13.1. The molecule has 2 atom stereocenters. The number of hydrogen-bond donors (Lipinski definition) is 1. The van der Waals surface area contributed by atoms with Gasteiger partial charge in [-0.2, -0.15) is 0 Å². The fraction of sp³-hybridized carbons (Fsp3) is 0.647. The Kier molecular flexibility index (Phi) is 4.66.